The zero-order chi connectivity index (χ0) is 17.4. The van der Waals surface area contributed by atoms with E-state index < -0.39 is 0 Å². The van der Waals surface area contributed by atoms with Gasteiger partial charge in [-0.25, -0.2) is 11.5 Å². The number of hydrogen-bond acceptors (Lipinski definition) is 2. The largest absolute Gasteiger partial charge is 0.483 e. The second kappa shape index (κ2) is 7.85. The van der Waals surface area contributed by atoms with E-state index in [0.717, 1.165) is 34.8 Å². The normalized spacial score (nSPS) is 12.8. The molecule has 0 bridgehead atoms. The van der Waals surface area contributed by atoms with Gasteiger partial charge >= 0.3 is 0 Å². The van der Waals surface area contributed by atoms with Gasteiger partial charge in [-0.3, -0.25) is 9.36 Å². The Balaban J connectivity index is 0.00000196. The van der Waals surface area contributed by atoms with E-state index in [1.54, 1.807) is 4.90 Å². The Hall–Kier alpha value is -1.78. The van der Waals surface area contributed by atoms with E-state index in [2.05, 4.69) is 27.8 Å². The maximum atomic E-state index is 13.0. The van der Waals surface area contributed by atoms with Crippen LogP contribution in [-0.4, -0.2) is 20.4 Å². The van der Waals surface area contributed by atoms with Crippen molar-refractivity contribution in [1.82, 2.24) is 14.5 Å². The Bertz CT molecular complexity index is 934. The monoisotopic (exact) mass is 419 g/mol. The van der Waals surface area contributed by atoms with Crippen molar-refractivity contribution in [3.8, 4) is 5.69 Å². The molecule has 0 spiro atoms. The van der Waals surface area contributed by atoms with Crippen LogP contribution < -0.4 is 0 Å². The zero-order valence-corrected chi connectivity index (χ0v) is 17.9. The molecule has 4 nitrogen and oxygen atoms in total. The average molecular weight is 419 g/mol. The molecule has 0 unspecified atom stereocenters. The van der Waals surface area contributed by atoms with Crippen molar-refractivity contribution < 1.29 is 37.5 Å². The first-order valence-corrected chi connectivity index (χ1v) is 8.48. The number of fused-ring (bicyclic) bond motifs is 3. The van der Waals surface area contributed by atoms with Crippen LogP contribution in [0.25, 0.3) is 5.69 Å². The van der Waals surface area contributed by atoms with Crippen LogP contribution >= 0.6 is 0 Å². The van der Waals surface area contributed by atoms with E-state index in [9.17, 15) is 4.79 Å². The van der Waals surface area contributed by atoms with Gasteiger partial charge in [-0.2, -0.15) is 6.92 Å². The van der Waals surface area contributed by atoms with E-state index in [1.165, 1.54) is 5.56 Å². The van der Waals surface area contributed by atoms with Crippen LogP contribution in [0.15, 0.2) is 54.7 Å². The first-order valence-electron chi connectivity index (χ1n) is 8.48. The number of aromatic nitrogens is 2. The van der Waals surface area contributed by atoms with Gasteiger partial charge in [0.25, 0.3) is 0 Å². The van der Waals surface area contributed by atoms with E-state index in [4.69, 9.17) is 0 Å². The molecule has 26 heavy (non-hydrogen) atoms. The van der Waals surface area contributed by atoms with Gasteiger partial charge in [0.05, 0.1) is 17.8 Å². The molecule has 3 aromatic rings. The average Bonchev–Trinajstić information content (AvgIpc) is 2.94. The first kappa shape index (κ1) is 19.0. The van der Waals surface area contributed by atoms with Gasteiger partial charge in [-0.1, -0.05) is 36.4 Å². The Morgan fingerprint density at radius 1 is 1.12 bits per heavy atom. The zero-order valence-electron chi connectivity index (χ0n) is 15.0. The topological polar surface area (TPSA) is 38.1 Å². The van der Waals surface area contributed by atoms with Gasteiger partial charge in [0, 0.05) is 44.6 Å². The Morgan fingerprint density at radius 2 is 1.88 bits per heavy atom. The van der Waals surface area contributed by atoms with Crippen molar-refractivity contribution in [3.63, 3.8) is 0 Å². The fourth-order valence-corrected chi connectivity index (χ4v) is 3.41. The second-order valence-electron chi connectivity index (χ2n) is 6.36. The van der Waals surface area contributed by atoms with Crippen molar-refractivity contribution >= 4 is 5.91 Å². The molecule has 1 amide bonds. The fourth-order valence-electron chi connectivity index (χ4n) is 3.41. The molecule has 0 aliphatic carbocycles. The summed E-state index contributed by atoms with van der Waals surface area (Å²) in [7, 11) is 0. The van der Waals surface area contributed by atoms with Crippen LogP contribution in [0.3, 0.4) is 0 Å². The van der Waals surface area contributed by atoms with Crippen molar-refractivity contribution in [1.29, 1.82) is 0 Å². The molecule has 4 rings (SSSR count). The predicted molar refractivity (Wildman–Crippen MR) is 97.4 cm³/mol. The van der Waals surface area contributed by atoms with Gasteiger partial charge in [-0.05, 0) is 36.6 Å². The van der Waals surface area contributed by atoms with Crippen LogP contribution in [0, 0.1) is 13.5 Å². The molecular weight excluding hydrogens is 399 g/mol. The molecule has 0 N–H and O–H groups in total. The number of imidazole rings is 1. The molecule has 0 saturated heterocycles. The third-order valence-electron chi connectivity index (χ3n) is 4.68. The van der Waals surface area contributed by atoms with E-state index in [0.29, 0.717) is 6.54 Å². The van der Waals surface area contributed by atoms with Crippen LogP contribution in [0.1, 0.15) is 39.9 Å². The summed E-state index contributed by atoms with van der Waals surface area (Å²) in [6.07, 6.45) is 2.67. The standard InChI is InChI=1S/C21H20N3O.Y/c1-3-23-14-20-22-13-15(2)24(20)19-10-9-17(12-18(19)21(23)25)11-16-7-5-4-6-8-16;/h3-10,12-13H,11,14H2,1-2H3;/q-1;. The van der Waals surface area contributed by atoms with Crippen molar-refractivity contribution in [2.75, 3.05) is 0 Å². The number of nitrogens with zero attached hydrogens (tertiary/aromatic N) is 3. The molecular formula is C21H20N3OY-. The number of carbonyl (C=O) groups is 1. The molecule has 0 atom stereocenters. The minimum Gasteiger partial charge on any atom is -0.483 e. The summed E-state index contributed by atoms with van der Waals surface area (Å²) in [4.78, 5) is 19.2. The third kappa shape index (κ3) is 3.40. The quantitative estimate of drug-likeness (QED) is 0.604. The number of aryl methyl sites for hydroxylation is 1. The molecule has 1 aliphatic rings. The van der Waals surface area contributed by atoms with E-state index in [1.807, 2.05) is 56.9 Å². The minimum atomic E-state index is 0. The summed E-state index contributed by atoms with van der Waals surface area (Å²) in [6.45, 7) is 6.23. The SMILES string of the molecule is C[CH-]N1Cc2ncc(C)n2-c2ccc(Cc3ccccc3)cc2C1=O.[Y]. The summed E-state index contributed by atoms with van der Waals surface area (Å²) < 4.78 is 2.09. The molecule has 1 aliphatic heterocycles. The molecule has 0 saturated carbocycles. The molecule has 5 heteroatoms. The number of amides is 1. The molecule has 2 heterocycles. The summed E-state index contributed by atoms with van der Waals surface area (Å²) in [5.41, 5.74) is 5.05. The van der Waals surface area contributed by atoms with Crippen LogP contribution in [0.5, 0.6) is 0 Å². The second-order valence-corrected chi connectivity index (χ2v) is 6.36. The number of rotatable bonds is 3. The van der Waals surface area contributed by atoms with Gasteiger partial charge < -0.3 is 4.90 Å². The number of carbonyl (C=O) groups excluding carboxylic acids is 1. The summed E-state index contributed by atoms with van der Waals surface area (Å²) in [6, 6.07) is 16.5. The Morgan fingerprint density at radius 3 is 2.62 bits per heavy atom. The molecule has 2 aromatic carbocycles. The smallest absolute Gasteiger partial charge is 0.227 e. The Labute approximate surface area is 179 Å². The molecule has 1 radical (unpaired) electrons. The van der Waals surface area contributed by atoms with Crippen LogP contribution in [0.2, 0.25) is 0 Å². The predicted octanol–water partition coefficient (Wildman–Crippen LogP) is 3.91. The molecule has 129 valence electrons. The summed E-state index contributed by atoms with van der Waals surface area (Å²) >= 11 is 0. The summed E-state index contributed by atoms with van der Waals surface area (Å²) in [5.74, 6) is 0.913. The van der Waals surface area contributed by atoms with Crippen LogP contribution in [0.4, 0.5) is 0 Å². The maximum absolute atomic E-state index is 13.0. The van der Waals surface area contributed by atoms with Crippen molar-refractivity contribution in [2.24, 2.45) is 0 Å². The molecule has 0 fully saturated rings. The van der Waals surface area contributed by atoms with Crippen molar-refractivity contribution in [2.45, 2.75) is 26.8 Å². The third-order valence-corrected chi connectivity index (χ3v) is 4.68. The van der Waals surface area contributed by atoms with Crippen molar-refractivity contribution in [3.05, 3.63) is 89.5 Å². The van der Waals surface area contributed by atoms with E-state index in [-0.39, 0.29) is 38.6 Å². The number of hydrogen-bond donors (Lipinski definition) is 0. The Kier molecular flexibility index (Phi) is 5.74. The van der Waals surface area contributed by atoms with Crippen LogP contribution in [-0.2, 0) is 45.7 Å². The van der Waals surface area contributed by atoms with Gasteiger partial charge in [0.2, 0.25) is 5.91 Å². The minimum absolute atomic E-state index is 0. The maximum Gasteiger partial charge on any atom is 0.227 e. The van der Waals surface area contributed by atoms with Gasteiger partial charge in [0.1, 0.15) is 5.82 Å². The van der Waals surface area contributed by atoms with Gasteiger partial charge in [-0.15, -0.1) is 0 Å². The van der Waals surface area contributed by atoms with E-state index >= 15 is 0 Å². The summed E-state index contributed by atoms with van der Waals surface area (Å²) in [5, 5.41) is 0. The fraction of sp³-hybridized carbons (Fsp3) is 0.190. The first-order chi connectivity index (χ1) is 12.2. The van der Waals surface area contributed by atoms with Gasteiger partial charge in [0.15, 0.2) is 0 Å². The number of benzene rings is 2. The molecule has 1 aromatic heterocycles.